The minimum Gasteiger partial charge on any atom is -0.481 e. The maximum absolute atomic E-state index is 12.5. The third-order valence-electron chi connectivity index (χ3n) is 4.67. The zero-order valence-electron chi connectivity index (χ0n) is 20.0. The number of hydrogen-bond donors (Lipinski definition) is 7. The van der Waals surface area contributed by atoms with Crippen molar-refractivity contribution in [2.24, 2.45) is 0 Å². The minimum absolute atomic E-state index is 0.501. The molecule has 0 saturated heterocycles. The summed E-state index contributed by atoms with van der Waals surface area (Å²) in [5.74, 6) is -17.9. The molecular formula is C20H24O19. The minimum atomic E-state index is -3.36. The molecule has 218 valence electrons. The van der Waals surface area contributed by atoms with Gasteiger partial charge in [-0.1, -0.05) is 0 Å². The normalized spacial score (nSPS) is 11.5. The lowest BCUT2D eigenvalue weighted by Gasteiger charge is -2.30. The van der Waals surface area contributed by atoms with Crippen molar-refractivity contribution in [1.29, 1.82) is 0 Å². The van der Waals surface area contributed by atoms with Crippen molar-refractivity contribution in [2.45, 2.75) is 62.3 Å². The monoisotopic (exact) mass is 568 g/mol. The second kappa shape index (κ2) is 13.7. The average molecular weight is 568 g/mol. The highest BCUT2D eigenvalue weighted by Gasteiger charge is 2.52. The van der Waals surface area contributed by atoms with Crippen LogP contribution in [0, 0.1) is 0 Å². The summed E-state index contributed by atoms with van der Waals surface area (Å²) < 4.78 is 13.5. The third-order valence-corrected chi connectivity index (χ3v) is 4.67. The van der Waals surface area contributed by atoms with Gasteiger partial charge in [-0.15, -0.1) is 0 Å². The van der Waals surface area contributed by atoms with Crippen molar-refractivity contribution in [3.8, 4) is 0 Å². The number of carboxylic acid groups (broad SMARTS) is 6. The summed E-state index contributed by atoms with van der Waals surface area (Å²) in [7, 11) is 0. The molecule has 0 spiro atoms. The largest absolute Gasteiger partial charge is 0.481 e. The Balaban J connectivity index is 6.31. The van der Waals surface area contributed by atoms with Gasteiger partial charge in [-0.05, 0) is 6.92 Å². The van der Waals surface area contributed by atoms with Crippen LogP contribution in [0.15, 0.2) is 0 Å². The molecule has 0 aliphatic rings. The highest BCUT2D eigenvalue weighted by molar-refractivity contribution is 5.95. The molecule has 0 fully saturated rings. The Kier molecular flexibility index (Phi) is 12.0. The van der Waals surface area contributed by atoms with Gasteiger partial charge in [0.2, 0.25) is 11.2 Å². The first kappa shape index (κ1) is 34.2. The van der Waals surface area contributed by atoms with Crippen LogP contribution in [0.2, 0.25) is 0 Å². The Morgan fingerprint density at radius 1 is 0.538 bits per heavy atom. The summed E-state index contributed by atoms with van der Waals surface area (Å²) in [6.45, 7) is 0.693. The highest BCUT2D eigenvalue weighted by Crippen LogP contribution is 2.29. The molecule has 7 N–H and O–H groups in total. The predicted molar refractivity (Wildman–Crippen MR) is 113 cm³/mol. The van der Waals surface area contributed by atoms with Crippen LogP contribution in [0.25, 0.3) is 0 Å². The number of hydrogen-bond acceptors (Lipinski definition) is 13. The maximum Gasteiger partial charge on any atom is 0.349 e. The molecule has 0 saturated carbocycles. The van der Waals surface area contributed by atoms with Crippen LogP contribution in [-0.4, -0.2) is 113 Å². The lowest BCUT2D eigenvalue weighted by atomic mass is 9.92. The molecule has 0 aliphatic heterocycles. The summed E-state index contributed by atoms with van der Waals surface area (Å²) in [6.07, 6.45) is -9.80. The van der Waals surface area contributed by atoms with Gasteiger partial charge in [0.1, 0.15) is 0 Å². The number of aliphatic hydroxyl groups is 1. The maximum atomic E-state index is 12.5. The summed E-state index contributed by atoms with van der Waals surface area (Å²) in [5.41, 5.74) is -9.85. The second-order valence-corrected chi connectivity index (χ2v) is 7.93. The van der Waals surface area contributed by atoms with Crippen LogP contribution in [0.4, 0.5) is 0 Å². The van der Waals surface area contributed by atoms with Gasteiger partial charge in [0.15, 0.2) is 5.60 Å². The van der Waals surface area contributed by atoms with Gasteiger partial charge in [-0.25, -0.2) is 14.4 Å². The van der Waals surface area contributed by atoms with Crippen molar-refractivity contribution in [2.75, 3.05) is 6.61 Å². The molecule has 0 atom stereocenters. The van der Waals surface area contributed by atoms with Crippen LogP contribution < -0.4 is 0 Å². The molecule has 0 unspecified atom stereocenters. The van der Waals surface area contributed by atoms with E-state index in [1.54, 1.807) is 0 Å². The van der Waals surface area contributed by atoms with E-state index in [0.29, 0.717) is 0 Å². The van der Waals surface area contributed by atoms with Crippen LogP contribution in [-0.2, 0) is 57.4 Å². The zero-order valence-corrected chi connectivity index (χ0v) is 20.0. The molecular weight excluding hydrogens is 544 g/mol. The van der Waals surface area contributed by atoms with Gasteiger partial charge < -0.3 is 50.0 Å². The number of carbonyl (C=O) groups excluding carboxylic acids is 3. The van der Waals surface area contributed by atoms with Gasteiger partial charge in [0, 0.05) is 0 Å². The van der Waals surface area contributed by atoms with Crippen LogP contribution in [0.3, 0.4) is 0 Å². The first-order valence-electron chi connectivity index (χ1n) is 10.4. The van der Waals surface area contributed by atoms with Gasteiger partial charge in [0.25, 0.3) is 0 Å². The highest BCUT2D eigenvalue weighted by atomic mass is 16.6. The van der Waals surface area contributed by atoms with E-state index in [0.717, 1.165) is 0 Å². The Hall–Kier alpha value is -4.81. The van der Waals surface area contributed by atoms with Crippen molar-refractivity contribution >= 4 is 53.7 Å². The number of carboxylic acids is 6. The lowest BCUT2D eigenvalue weighted by Crippen LogP contribution is -2.51. The topological polar surface area (TPSA) is 323 Å². The quantitative estimate of drug-likeness (QED) is 0.0674. The molecule has 39 heavy (non-hydrogen) atoms. The molecule has 0 aromatic rings. The van der Waals surface area contributed by atoms with Gasteiger partial charge in [0.05, 0.1) is 45.1 Å². The SMILES string of the molecule is CCOC(=O)C(O)(CC(=O)OC(CC(=O)O)(CC(=O)O)C(=O)O)CC(=O)OC(CC(=O)O)(CC(=O)O)C(=O)O. The molecule has 0 radical (unpaired) electrons. The molecule has 0 bridgehead atoms. The van der Waals surface area contributed by atoms with E-state index in [9.17, 15) is 58.5 Å². The zero-order chi connectivity index (χ0) is 30.8. The average Bonchev–Trinajstić information content (AvgIpc) is 2.70. The summed E-state index contributed by atoms with van der Waals surface area (Å²) >= 11 is 0. The molecule has 0 heterocycles. The molecule has 0 rings (SSSR count). The number of rotatable bonds is 18. The van der Waals surface area contributed by atoms with Gasteiger partial charge in [-0.3, -0.25) is 28.8 Å². The fourth-order valence-electron chi connectivity index (χ4n) is 3.09. The van der Waals surface area contributed by atoms with E-state index in [1.165, 1.54) is 6.92 Å². The molecule has 0 aliphatic carbocycles. The van der Waals surface area contributed by atoms with Gasteiger partial charge >= 0.3 is 53.7 Å². The fraction of sp³-hybridized carbons (Fsp3) is 0.550. The number of ether oxygens (including phenoxy) is 3. The van der Waals surface area contributed by atoms with Crippen LogP contribution in [0.5, 0.6) is 0 Å². The van der Waals surface area contributed by atoms with Crippen molar-refractivity contribution in [3.63, 3.8) is 0 Å². The Morgan fingerprint density at radius 2 is 0.821 bits per heavy atom. The van der Waals surface area contributed by atoms with Crippen molar-refractivity contribution in [3.05, 3.63) is 0 Å². The van der Waals surface area contributed by atoms with E-state index >= 15 is 0 Å². The van der Waals surface area contributed by atoms with E-state index in [2.05, 4.69) is 14.2 Å². The molecule has 0 amide bonds. The molecule has 0 aromatic heterocycles. The second-order valence-electron chi connectivity index (χ2n) is 7.93. The smallest absolute Gasteiger partial charge is 0.349 e. The summed E-state index contributed by atoms with van der Waals surface area (Å²) in [4.78, 5) is 105. The third kappa shape index (κ3) is 10.2. The Bertz CT molecular complexity index is 938. The number of esters is 3. The number of aliphatic carboxylic acids is 6. The number of carbonyl (C=O) groups is 9. The molecule has 19 heteroatoms. The lowest BCUT2D eigenvalue weighted by molar-refractivity contribution is -0.196. The Labute approximate surface area is 216 Å². The van der Waals surface area contributed by atoms with E-state index in [1.807, 2.05) is 0 Å². The van der Waals surface area contributed by atoms with E-state index in [4.69, 9.17) is 20.4 Å². The van der Waals surface area contributed by atoms with Crippen molar-refractivity contribution < 1.29 is 93.1 Å². The molecule has 0 aromatic carbocycles. The predicted octanol–water partition coefficient (Wildman–Crippen LogP) is -2.31. The first-order valence-corrected chi connectivity index (χ1v) is 10.4. The van der Waals surface area contributed by atoms with Gasteiger partial charge in [-0.2, -0.15) is 0 Å². The van der Waals surface area contributed by atoms with Crippen molar-refractivity contribution in [1.82, 2.24) is 0 Å². The van der Waals surface area contributed by atoms with Crippen LogP contribution in [0.1, 0.15) is 45.4 Å². The fourth-order valence-corrected chi connectivity index (χ4v) is 3.09. The van der Waals surface area contributed by atoms with E-state index in [-0.39, 0.29) is 0 Å². The molecule has 19 nitrogen and oxygen atoms in total. The summed E-state index contributed by atoms with van der Waals surface area (Å²) in [5, 5.41) is 65.2. The standard InChI is InChI=1S/C20H24O19/c1-2-37-17(35)18(36,7-13(29)38-19(15(31)32,3-9(21)22)4-10(23)24)8-14(30)39-20(16(33)34,5-11(25)26)6-12(27)28/h36H,2-8H2,1H3,(H,21,22)(H,23,24)(H,25,26)(H,27,28)(H,31,32)(H,33,34). The van der Waals surface area contributed by atoms with E-state index < -0.39 is 116 Å². The Morgan fingerprint density at radius 3 is 1.03 bits per heavy atom. The van der Waals surface area contributed by atoms with Crippen LogP contribution >= 0.6 is 0 Å². The summed E-state index contributed by atoms with van der Waals surface area (Å²) in [6, 6.07) is 0. The first-order chi connectivity index (χ1) is 17.7.